The number of likely N-dealkylation sites (N-methyl/N-ethyl adjacent to an activating group) is 1. The van der Waals surface area contributed by atoms with Crippen molar-refractivity contribution >= 4 is 0 Å². The molecule has 4 aliphatic rings. The molecule has 0 radical (unpaired) electrons. The second kappa shape index (κ2) is 8.86. The molecule has 0 unspecified atom stereocenters. The van der Waals surface area contributed by atoms with E-state index in [2.05, 4.69) is 50.2 Å². The van der Waals surface area contributed by atoms with Gasteiger partial charge in [-0.05, 0) is 96.4 Å². The summed E-state index contributed by atoms with van der Waals surface area (Å²) >= 11 is 0. The van der Waals surface area contributed by atoms with Crippen LogP contribution in [0.25, 0.3) is 0 Å². The zero-order valence-electron chi connectivity index (χ0n) is 17.1. The lowest BCUT2D eigenvalue weighted by atomic mass is 9.54. The van der Waals surface area contributed by atoms with Crippen molar-refractivity contribution in [1.29, 1.82) is 0 Å². The van der Waals surface area contributed by atoms with Crippen LogP contribution in [0, 0.1) is 23.7 Å². The van der Waals surface area contributed by atoms with Gasteiger partial charge in [0.1, 0.15) is 0 Å². The maximum Gasteiger partial charge on any atom is 0.0150 e. The normalized spacial score (nSPS) is 34.0. The standard InChI is InChI=1S/C23H40N2/c1-17(2)6-5-7-18(3)8-9-24-10-11-25(4)23-21-13-19-12-20(15-21)16-22(23)14-19/h6,8,19-24H,5,7,9-16H2,1-4H3/b18-8+. The fraction of sp³-hybridized carbons (Fsp3) is 0.826. The number of rotatable bonds is 9. The first kappa shape index (κ1) is 19.2. The summed E-state index contributed by atoms with van der Waals surface area (Å²) in [6.45, 7) is 9.98. The van der Waals surface area contributed by atoms with Crippen LogP contribution in [-0.2, 0) is 0 Å². The smallest absolute Gasteiger partial charge is 0.0150 e. The second-order valence-electron chi connectivity index (χ2n) is 9.48. The van der Waals surface area contributed by atoms with Gasteiger partial charge in [-0.3, -0.25) is 0 Å². The molecule has 0 saturated heterocycles. The van der Waals surface area contributed by atoms with Gasteiger partial charge in [0.15, 0.2) is 0 Å². The zero-order chi connectivity index (χ0) is 17.8. The highest BCUT2D eigenvalue weighted by Crippen LogP contribution is 2.54. The molecule has 0 aromatic rings. The lowest BCUT2D eigenvalue weighted by molar-refractivity contribution is -0.0568. The van der Waals surface area contributed by atoms with Gasteiger partial charge < -0.3 is 10.2 Å². The van der Waals surface area contributed by atoms with Crippen LogP contribution in [0.5, 0.6) is 0 Å². The van der Waals surface area contributed by atoms with Crippen molar-refractivity contribution < 1.29 is 0 Å². The highest BCUT2D eigenvalue weighted by Gasteiger charge is 2.49. The van der Waals surface area contributed by atoms with Crippen molar-refractivity contribution in [1.82, 2.24) is 10.2 Å². The van der Waals surface area contributed by atoms with Crippen molar-refractivity contribution in [3.05, 3.63) is 23.3 Å². The molecule has 4 saturated carbocycles. The van der Waals surface area contributed by atoms with E-state index in [0.29, 0.717) is 0 Å². The third-order valence-corrected chi connectivity index (χ3v) is 7.01. The van der Waals surface area contributed by atoms with Gasteiger partial charge in [0.25, 0.3) is 0 Å². The third kappa shape index (κ3) is 5.20. The minimum Gasteiger partial charge on any atom is -0.312 e. The van der Waals surface area contributed by atoms with Crippen molar-refractivity contribution in [2.24, 2.45) is 23.7 Å². The first-order valence-corrected chi connectivity index (χ1v) is 10.7. The van der Waals surface area contributed by atoms with Crippen molar-refractivity contribution in [3.63, 3.8) is 0 Å². The number of nitrogens with one attached hydrogen (secondary N) is 1. The molecule has 142 valence electrons. The quantitative estimate of drug-likeness (QED) is 0.466. The molecule has 0 atom stereocenters. The predicted molar refractivity (Wildman–Crippen MR) is 109 cm³/mol. The highest BCUT2D eigenvalue weighted by molar-refractivity contribution is 5.03. The largest absolute Gasteiger partial charge is 0.312 e. The molecule has 0 heterocycles. The number of hydrogen-bond acceptors (Lipinski definition) is 2. The molecule has 4 fully saturated rings. The van der Waals surface area contributed by atoms with Crippen LogP contribution in [-0.4, -0.2) is 37.6 Å². The topological polar surface area (TPSA) is 15.3 Å². The molecule has 0 amide bonds. The van der Waals surface area contributed by atoms with Crippen molar-refractivity contribution in [2.45, 2.75) is 71.8 Å². The van der Waals surface area contributed by atoms with Crippen LogP contribution in [0.1, 0.15) is 65.7 Å². The fourth-order valence-corrected chi connectivity index (χ4v) is 6.06. The summed E-state index contributed by atoms with van der Waals surface area (Å²) < 4.78 is 0. The van der Waals surface area contributed by atoms with Crippen LogP contribution in [0.4, 0.5) is 0 Å². The molecular weight excluding hydrogens is 304 g/mol. The van der Waals surface area contributed by atoms with E-state index in [0.717, 1.165) is 42.8 Å². The Morgan fingerprint density at radius 3 is 2.20 bits per heavy atom. The Labute approximate surface area is 156 Å². The van der Waals surface area contributed by atoms with Gasteiger partial charge in [-0.15, -0.1) is 0 Å². The predicted octanol–water partition coefficient (Wildman–Crippen LogP) is 5.03. The Balaban J connectivity index is 1.33. The number of hydrogen-bond donors (Lipinski definition) is 1. The zero-order valence-corrected chi connectivity index (χ0v) is 17.1. The number of nitrogens with zero attached hydrogens (tertiary/aromatic N) is 1. The highest BCUT2D eigenvalue weighted by atomic mass is 15.2. The van der Waals surface area contributed by atoms with Gasteiger partial charge in [-0.1, -0.05) is 23.3 Å². The summed E-state index contributed by atoms with van der Waals surface area (Å²) in [5.41, 5.74) is 2.94. The first-order valence-electron chi connectivity index (χ1n) is 10.7. The fourth-order valence-electron chi connectivity index (χ4n) is 6.06. The Morgan fingerprint density at radius 2 is 1.60 bits per heavy atom. The van der Waals surface area contributed by atoms with E-state index in [1.165, 1.54) is 56.2 Å². The van der Waals surface area contributed by atoms with Gasteiger partial charge in [0.2, 0.25) is 0 Å². The van der Waals surface area contributed by atoms with E-state index in [1.807, 2.05) is 0 Å². The molecule has 1 N–H and O–H groups in total. The minimum absolute atomic E-state index is 0.885. The van der Waals surface area contributed by atoms with Crippen LogP contribution in [0.3, 0.4) is 0 Å². The van der Waals surface area contributed by atoms with E-state index in [-0.39, 0.29) is 0 Å². The molecule has 2 heteroatoms. The summed E-state index contributed by atoms with van der Waals surface area (Å²) in [4.78, 5) is 2.70. The Kier molecular flexibility index (Phi) is 6.79. The molecule has 2 nitrogen and oxygen atoms in total. The van der Waals surface area contributed by atoms with Crippen LogP contribution >= 0.6 is 0 Å². The van der Waals surface area contributed by atoms with Crippen molar-refractivity contribution in [2.75, 3.05) is 26.7 Å². The van der Waals surface area contributed by atoms with Gasteiger partial charge in [-0.25, -0.2) is 0 Å². The van der Waals surface area contributed by atoms with Crippen LogP contribution in [0.15, 0.2) is 23.3 Å². The third-order valence-electron chi connectivity index (χ3n) is 7.01. The summed E-state index contributed by atoms with van der Waals surface area (Å²) in [7, 11) is 2.38. The molecule has 0 aromatic heterocycles. The molecule has 0 aliphatic heterocycles. The van der Waals surface area contributed by atoms with Crippen LogP contribution < -0.4 is 5.32 Å². The molecule has 4 aliphatic carbocycles. The van der Waals surface area contributed by atoms with E-state index < -0.39 is 0 Å². The van der Waals surface area contributed by atoms with Gasteiger partial charge >= 0.3 is 0 Å². The molecular formula is C23H40N2. The molecule has 4 rings (SSSR count). The average molecular weight is 345 g/mol. The summed E-state index contributed by atoms with van der Waals surface area (Å²) in [5.74, 6) is 4.20. The first-order chi connectivity index (χ1) is 12.0. The van der Waals surface area contributed by atoms with Gasteiger partial charge in [0, 0.05) is 25.7 Å². The maximum atomic E-state index is 3.64. The maximum absolute atomic E-state index is 3.64. The van der Waals surface area contributed by atoms with Gasteiger partial charge in [-0.2, -0.15) is 0 Å². The summed E-state index contributed by atoms with van der Waals surface area (Å²) in [6.07, 6.45) is 14.8. The molecule has 25 heavy (non-hydrogen) atoms. The molecule has 0 aromatic carbocycles. The minimum atomic E-state index is 0.885. The Bertz CT molecular complexity index is 458. The van der Waals surface area contributed by atoms with Crippen molar-refractivity contribution in [3.8, 4) is 0 Å². The summed E-state index contributed by atoms with van der Waals surface area (Å²) in [6, 6.07) is 0.885. The Hall–Kier alpha value is -0.600. The monoisotopic (exact) mass is 344 g/mol. The lowest BCUT2D eigenvalue weighted by Crippen LogP contribution is -2.55. The Morgan fingerprint density at radius 1 is 0.960 bits per heavy atom. The van der Waals surface area contributed by atoms with E-state index in [4.69, 9.17) is 0 Å². The summed E-state index contributed by atoms with van der Waals surface area (Å²) in [5, 5.41) is 3.64. The lowest BCUT2D eigenvalue weighted by Gasteiger charge is -2.56. The second-order valence-corrected chi connectivity index (χ2v) is 9.48. The van der Waals surface area contributed by atoms with E-state index >= 15 is 0 Å². The molecule has 0 spiro atoms. The molecule has 4 bridgehead atoms. The van der Waals surface area contributed by atoms with E-state index in [9.17, 15) is 0 Å². The van der Waals surface area contributed by atoms with E-state index in [1.54, 1.807) is 6.42 Å². The number of allylic oxidation sites excluding steroid dienone is 3. The van der Waals surface area contributed by atoms with Crippen LogP contribution in [0.2, 0.25) is 0 Å². The average Bonchev–Trinajstić information content (AvgIpc) is 2.53. The SMILES string of the molecule is CC(C)=CCC/C(C)=C/CNCCN(C)C1C2CC3CC(C2)CC1C3. The van der Waals surface area contributed by atoms with Gasteiger partial charge in [0.05, 0.1) is 0 Å².